The zero-order chi connectivity index (χ0) is 15.9. The van der Waals surface area contributed by atoms with Gasteiger partial charge in [0.15, 0.2) is 0 Å². The Morgan fingerprint density at radius 2 is 1.48 bits per heavy atom. The van der Waals surface area contributed by atoms with E-state index in [1.165, 1.54) is 25.7 Å². The van der Waals surface area contributed by atoms with E-state index in [1.54, 1.807) is 6.92 Å². The van der Waals surface area contributed by atoms with E-state index in [-0.39, 0.29) is 5.97 Å². The van der Waals surface area contributed by atoms with Crippen LogP contribution in [-0.4, -0.2) is 35.1 Å². The Labute approximate surface area is 131 Å². The molecular formula is C16H32O4Si. The van der Waals surface area contributed by atoms with Crippen molar-refractivity contribution in [2.45, 2.75) is 65.3 Å². The topological polar surface area (TPSA) is 44.8 Å². The van der Waals surface area contributed by atoms with Gasteiger partial charge in [0.1, 0.15) is 0 Å². The van der Waals surface area contributed by atoms with E-state index < -0.39 is 9.28 Å². The SMILES string of the molecule is C=C(C)C(=O)OCCCCCCCC[SiH](OCC)OCC. The third-order valence-corrected chi connectivity index (χ3v) is 5.41. The molecule has 0 saturated heterocycles. The third-order valence-electron chi connectivity index (χ3n) is 3.12. The first-order chi connectivity index (χ1) is 10.1. The number of carbonyl (C=O) groups is 1. The van der Waals surface area contributed by atoms with Crippen molar-refractivity contribution in [1.82, 2.24) is 0 Å². The van der Waals surface area contributed by atoms with Gasteiger partial charge in [-0.25, -0.2) is 4.79 Å². The van der Waals surface area contributed by atoms with Crippen LogP contribution in [0.4, 0.5) is 0 Å². The summed E-state index contributed by atoms with van der Waals surface area (Å²) >= 11 is 0. The van der Waals surface area contributed by atoms with E-state index in [1.807, 2.05) is 13.8 Å². The van der Waals surface area contributed by atoms with Gasteiger partial charge in [-0.2, -0.15) is 0 Å². The average molecular weight is 317 g/mol. The molecule has 0 aromatic carbocycles. The van der Waals surface area contributed by atoms with Crippen LogP contribution in [-0.2, 0) is 18.4 Å². The summed E-state index contributed by atoms with van der Waals surface area (Å²) in [5, 5.41) is 0. The second kappa shape index (κ2) is 14.3. The largest absolute Gasteiger partial charge is 0.462 e. The lowest BCUT2D eigenvalue weighted by Crippen LogP contribution is -2.22. The van der Waals surface area contributed by atoms with Gasteiger partial charge in [-0.3, -0.25) is 0 Å². The Morgan fingerprint density at radius 1 is 0.952 bits per heavy atom. The fourth-order valence-corrected chi connectivity index (χ4v) is 3.79. The van der Waals surface area contributed by atoms with Crippen molar-refractivity contribution in [2.24, 2.45) is 0 Å². The third kappa shape index (κ3) is 12.8. The number of carbonyl (C=O) groups excluding carboxylic acids is 1. The molecule has 5 heteroatoms. The quantitative estimate of drug-likeness (QED) is 0.212. The normalized spacial score (nSPS) is 10.9. The highest BCUT2D eigenvalue weighted by atomic mass is 28.3. The highest BCUT2D eigenvalue weighted by Gasteiger charge is 2.10. The number of esters is 1. The molecule has 0 aromatic rings. The minimum absolute atomic E-state index is 0.280. The van der Waals surface area contributed by atoms with Crippen molar-refractivity contribution in [3.63, 3.8) is 0 Å². The molecule has 0 bridgehead atoms. The molecule has 0 heterocycles. The number of hydrogen-bond donors (Lipinski definition) is 0. The highest BCUT2D eigenvalue weighted by Crippen LogP contribution is 2.10. The number of hydrogen-bond acceptors (Lipinski definition) is 4. The van der Waals surface area contributed by atoms with Crippen LogP contribution < -0.4 is 0 Å². The lowest BCUT2D eigenvalue weighted by molar-refractivity contribution is -0.139. The van der Waals surface area contributed by atoms with Gasteiger partial charge >= 0.3 is 15.3 Å². The van der Waals surface area contributed by atoms with Crippen molar-refractivity contribution in [3.8, 4) is 0 Å². The van der Waals surface area contributed by atoms with Crippen LogP contribution in [0.15, 0.2) is 12.2 Å². The Kier molecular flexibility index (Phi) is 13.8. The highest BCUT2D eigenvalue weighted by molar-refractivity contribution is 6.44. The van der Waals surface area contributed by atoms with Gasteiger partial charge in [-0.1, -0.05) is 38.7 Å². The minimum Gasteiger partial charge on any atom is -0.462 e. The second-order valence-electron chi connectivity index (χ2n) is 5.17. The van der Waals surface area contributed by atoms with Gasteiger partial charge in [-0.05, 0) is 33.2 Å². The lowest BCUT2D eigenvalue weighted by atomic mass is 10.1. The fraction of sp³-hybridized carbons (Fsp3) is 0.812. The van der Waals surface area contributed by atoms with Crippen molar-refractivity contribution in [2.75, 3.05) is 19.8 Å². The van der Waals surface area contributed by atoms with Crippen LogP contribution in [0, 0.1) is 0 Å². The summed E-state index contributed by atoms with van der Waals surface area (Å²) in [7, 11) is -1.39. The summed E-state index contributed by atoms with van der Waals surface area (Å²) in [6.45, 7) is 11.3. The van der Waals surface area contributed by atoms with Crippen LogP contribution in [0.5, 0.6) is 0 Å². The molecule has 0 aliphatic carbocycles. The minimum atomic E-state index is -1.39. The van der Waals surface area contributed by atoms with Gasteiger partial charge in [0.05, 0.1) is 6.61 Å². The summed E-state index contributed by atoms with van der Waals surface area (Å²) in [6.07, 6.45) is 6.90. The molecule has 4 nitrogen and oxygen atoms in total. The standard InChI is InChI=1S/C16H32O4Si/c1-5-19-21(20-6-2)14-12-10-8-7-9-11-13-18-16(17)15(3)4/h21H,3,5-14H2,1-2,4H3. The van der Waals surface area contributed by atoms with E-state index in [9.17, 15) is 4.79 Å². The molecule has 0 atom stereocenters. The molecular weight excluding hydrogens is 284 g/mol. The smallest absolute Gasteiger partial charge is 0.333 e. The molecule has 0 amide bonds. The maximum Gasteiger partial charge on any atom is 0.333 e. The van der Waals surface area contributed by atoms with E-state index in [0.717, 1.165) is 32.1 Å². The predicted octanol–water partition coefficient (Wildman–Crippen LogP) is 3.74. The molecule has 0 N–H and O–H groups in total. The molecule has 0 aliphatic rings. The van der Waals surface area contributed by atoms with Crippen molar-refractivity contribution in [3.05, 3.63) is 12.2 Å². The van der Waals surface area contributed by atoms with Crippen LogP contribution in [0.3, 0.4) is 0 Å². The average Bonchev–Trinajstić information content (AvgIpc) is 2.45. The van der Waals surface area contributed by atoms with Crippen LogP contribution in [0.1, 0.15) is 59.3 Å². The molecule has 0 radical (unpaired) electrons. The second-order valence-corrected chi connectivity index (χ2v) is 7.27. The first kappa shape index (κ1) is 20.3. The number of ether oxygens (including phenoxy) is 1. The Balaban J connectivity index is 3.35. The van der Waals surface area contributed by atoms with Crippen LogP contribution in [0.25, 0.3) is 0 Å². The zero-order valence-corrected chi connectivity index (χ0v) is 15.1. The molecule has 0 spiro atoms. The zero-order valence-electron chi connectivity index (χ0n) is 14.0. The van der Waals surface area contributed by atoms with Crippen molar-refractivity contribution < 1.29 is 18.4 Å². The summed E-state index contributed by atoms with van der Waals surface area (Å²) in [5.74, 6) is -0.280. The van der Waals surface area contributed by atoms with Crippen molar-refractivity contribution >= 4 is 15.3 Å². The van der Waals surface area contributed by atoms with Crippen LogP contribution in [0.2, 0.25) is 6.04 Å². The predicted molar refractivity (Wildman–Crippen MR) is 88.7 cm³/mol. The number of rotatable bonds is 14. The van der Waals surface area contributed by atoms with E-state index in [0.29, 0.717) is 12.2 Å². The van der Waals surface area contributed by atoms with Gasteiger partial charge in [0.2, 0.25) is 0 Å². The summed E-state index contributed by atoms with van der Waals surface area (Å²) in [5.41, 5.74) is 0.470. The van der Waals surface area contributed by atoms with Gasteiger partial charge in [0.25, 0.3) is 0 Å². The van der Waals surface area contributed by atoms with Gasteiger partial charge in [-0.15, -0.1) is 0 Å². The molecule has 0 aromatic heterocycles. The summed E-state index contributed by atoms with van der Waals surface area (Å²) in [6, 6.07) is 1.11. The molecule has 124 valence electrons. The first-order valence-electron chi connectivity index (χ1n) is 8.17. The summed E-state index contributed by atoms with van der Waals surface area (Å²) in [4.78, 5) is 11.1. The maximum absolute atomic E-state index is 11.1. The Hall–Kier alpha value is -0.653. The van der Waals surface area contributed by atoms with Crippen molar-refractivity contribution in [1.29, 1.82) is 0 Å². The van der Waals surface area contributed by atoms with E-state index >= 15 is 0 Å². The van der Waals surface area contributed by atoms with Crippen LogP contribution >= 0.6 is 0 Å². The van der Waals surface area contributed by atoms with E-state index in [4.69, 9.17) is 13.6 Å². The Morgan fingerprint density at radius 3 is 2.00 bits per heavy atom. The molecule has 0 saturated carbocycles. The van der Waals surface area contributed by atoms with E-state index in [2.05, 4.69) is 6.58 Å². The molecule has 0 fully saturated rings. The monoisotopic (exact) mass is 316 g/mol. The Bertz CT molecular complexity index is 275. The lowest BCUT2D eigenvalue weighted by Gasteiger charge is -2.14. The fourth-order valence-electron chi connectivity index (χ4n) is 1.99. The number of unbranched alkanes of at least 4 members (excludes halogenated alkanes) is 5. The molecule has 0 rings (SSSR count). The molecule has 0 aliphatic heterocycles. The maximum atomic E-state index is 11.1. The van der Waals surface area contributed by atoms with Gasteiger partial charge < -0.3 is 13.6 Å². The summed E-state index contributed by atoms with van der Waals surface area (Å²) < 4.78 is 16.3. The first-order valence-corrected chi connectivity index (χ1v) is 9.93. The molecule has 0 unspecified atom stereocenters. The molecule has 21 heavy (non-hydrogen) atoms. The van der Waals surface area contributed by atoms with Gasteiger partial charge in [0, 0.05) is 18.8 Å².